The van der Waals surface area contributed by atoms with Crippen LogP contribution in [0.3, 0.4) is 0 Å². The van der Waals surface area contributed by atoms with Gasteiger partial charge in [-0.15, -0.1) is 0 Å². The molecule has 0 aliphatic rings. The summed E-state index contributed by atoms with van der Waals surface area (Å²) < 4.78 is 18.6. The number of carbonyl (C=O) groups excluding carboxylic acids is 1. The summed E-state index contributed by atoms with van der Waals surface area (Å²) in [6, 6.07) is 11.3. The van der Waals surface area contributed by atoms with E-state index in [1.807, 2.05) is 12.1 Å². The Labute approximate surface area is 132 Å². The highest BCUT2D eigenvalue weighted by atomic mass is 19.1. The van der Waals surface area contributed by atoms with Crippen molar-refractivity contribution in [3.63, 3.8) is 0 Å². The highest BCUT2D eigenvalue weighted by molar-refractivity contribution is 6.00. The van der Waals surface area contributed by atoms with E-state index in [2.05, 4.69) is 15.5 Å². The minimum Gasteiger partial charge on any atom is -0.355 e. The van der Waals surface area contributed by atoms with E-state index in [0.717, 1.165) is 5.69 Å². The Morgan fingerprint density at radius 1 is 1.26 bits per heavy atom. The van der Waals surface area contributed by atoms with Crippen LogP contribution in [0.1, 0.15) is 21.7 Å². The summed E-state index contributed by atoms with van der Waals surface area (Å²) in [5, 5.41) is 6.60. The van der Waals surface area contributed by atoms with Crippen LogP contribution < -0.4 is 5.32 Å². The lowest BCUT2D eigenvalue weighted by Crippen LogP contribution is -2.24. The number of aromatic nitrogens is 2. The number of hydrogen-bond acceptors (Lipinski definition) is 4. The SMILES string of the molecule is Cc1noc(-c2cccc(F)c2)c1C(=O)NCc1ccccn1. The van der Waals surface area contributed by atoms with Gasteiger partial charge in [0, 0.05) is 11.8 Å². The molecule has 2 heterocycles. The van der Waals surface area contributed by atoms with E-state index in [1.54, 1.807) is 31.3 Å². The monoisotopic (exact) mass is 311 g/mol. The molecule has 0 aliphatic carbocycles. The van der Waals surface area contributed by atoms with E-state index >= 15 is 0 Å². The van der Waals surface area contributed by atoms with Crippen molar-refractivity contribution in [2.45, 2.75) is 13.5 Å². The number of carbonyl (C=O) groups is 1. The summed E-state index contributed by atoms with van der Waals surface area (Å²) in [5.74, 6) is -0.495. The van der Waals surface area contributed by atoms with Crippen LogP contribution in [0, 0.1) is 12.7 Å². The topological polar surface area (TPSA) is 68.0 Å². The van der Waals surface area contributed by atoms with E-state index in [0.29, 0.717) is 16.8 Å². The Hall–Kier alpha value is -3.02. The molecular formula is C17H14FN3O2. The first-order valence-corrected chi connectivity index (χ1v) is 7.05. The standard InChI is InChI=1S/C17H14FN3O2/c1-11-15(17(22)20-10-14-7-2-3-8-19-14)16(23-21-11)12-5-4-6-13(18)9-12/h2-9H,10H2,1H3,(H,20,22). The van der Waals surface area contributed by atoms with Gasteiger partial charge in [0.1, 0.15) is 11.4 Å². The lowest BCUT2D eigenvalue weighted by atomic mass is 10.1. The van der Waals surface area contributed by atoms with Gasteiger partial charge < -0.3 is 9.84 Å². The van der Waals surface area contributed by atoms with Crippen LogP contribution in [0.15, 0.2) is 53.2 Å². The molecule has 0 atom stereocenters. The van der Waals surface area contributed by atoms with Crippen LogP contribution in [-0.4, -0.2) is 16.0 Å². The van der Waals surface area contributed by atoms with E-state index in [1.165, 1.54) is 12.1 Å². The molecule has 0 bridgehead atoms. The van der Waals surface area contributed by atoms with Gasteiger partial charge in [0.05, 0.1) is 17.9 Å². The summed E-state index contributed by atoms with van der Waals surface area (Å²) in [6.07, 6.45) is 1.66. The van der Waals surface area contributed by atoms with E-state index < -0.39 is 5.82 Å². The van der Waals surface area contributed by atoms with E-state index in [4.69, 9.17) is 4.52 Å². The summed E-state index contributed by atoms with van der Waals surface area (Å²) in [4.78, 5) is 16.6. The summed E-state index contributed by atoms with van der Waals surface area (Å²) >= 11 is 0. The Morgan fingerprint density at radius 2 is 2.13 bits per heavy atom. The Bertz CT molecular complexity index is 831. The maximum atomic E-state index is 13.4. The normalized spacial score (nSPS) is 10.5. The number of pyridine rings is 1. The zero-order valence-electron chi connectivity index (χ0n) is 12.4. The third-order valence-electron chi connectivity index (χ3n) is 3.33. The molecule has 5 nitrogen and oxygen atoms in total. The fourth-order valence-corrected chi connectivity index (χ4v) is 2.23. The maximum absolute atomic E-state index is 13.4. The smallest absolute Gasteiger partial charge is 0.257 e. The van der Waals surface area contributed by atoms with Crippen molar-refractivity contribution in [2.24, 2.45) is 0 Å². The van der Waals surface area contributed by atoms with E-state index in [9.17, 15) is 9.18 Å². The molecular weight excluding hydrogens is 297 g/mol. The van der Waals surface area contributed by atoms with Crippen molar-refractivity contribution in [1.82, 2.24) is 15.5 Å². The summed E-state index contributed by atoms with van der Waals surface area (Å²) in [6.45, 7) is 1.95. The van der Waals surface area contributed by atoms with Gasteiger partial charge in [0.15, 0.2) is 5.76 Å². The van der Waals surface area contributed by atoms with Gasteiger partial charge in [-0.05, 0) is 31.2 Å². The average Bonchev–Trinajstić information content (AvgIpc) is 2.95. The molecule has 2 aromatic heterocycles. The van der Waals surface area contributed by atoms with Gasteiger partial charge >= 0.3 is 0 Å². The second-order valence-corrected chi connectivity index (χ2v) is 4.99. The largest absolute Gasteiger partial charge is 0.355 e. The van der Waals surface area contributed by atoms with Crippen molar-refractivity contribution in [1.29, 1.82) is 0 Å². The van der Waals surface area contributed by atoms with Gasteiger partial charge in [-0.2, -0.15) is 0 Å². The van der Waals surface area contributed by atoms with Gasteiger partial charge in [0.25, 0.3) is 5.91 Å². The molecule has 116 valence electrons. The van der Waals surface area contributed by atoms with Gasteiger partial charge in [-0.1, -0.05) is 23.4 Å². The molecule has 0 spiro atoms. The van der Waals surface area contributed by atoms with E-state index in [-0.39, 0.29) is 18.2 Å². The van der Waals surface area contributed by atoms with Crippen LogP contribution in [0.4, 0.5) is 4.39 Å². The van der Waals surface area contributed by atoms with Crippen molar-refractivity contribution in [3.8, 4) is 11.3 Å². The van der Waals surface area contributed by atoms with Crippen LogP contribution in [0.5, 0.6) is 0 Å². The number of nitrogens with one attached hydrogen (secondary N) is 1. The predicted octanol–water partition coefficient (Wildman–Crippen LogP) is 3.11. The van der Waals surface area contributed by atoms with Crippen molar-refractivity contribution in [3.05, 3.63) is 71.4 Å². The Balaban J connectivity index is 1.85. The molecule has 0 fully saturated rings. The highest BCUT2D eigenvalue weighted by Gasteiger charge is 2.21. The fraction of sp³-hybridized carbons (Fsp3) is 0.118. The third kappa shape index (κ3) is 3.26. The number of rotatable bonds is 4. The van der Waals surface area contributed by atoms with Crippen LogP contribution in [-0.2, 0) is 6.54 Å². The zero-order valence-corrected chi connectivity index (χ0v) is 12.4. The molecule has 0 saturated heterocycles. The van der Waals surface area contributed by atoms with Crippen LogP contribution in [0.2, 0.25) is 0 Å². The molecule has 3 aromatic rings. The highest BCUT2D eigenvalue weighted by Crippen LogP contribution is 2.26. The molecule has 0 unspecified atom stereocenters. The van der Waals surface area contributed by atoms with Gasteiger partial charge in [-0.25, -0.2) is 4.39 Å². The number of aryl methyl sites for hydroxylation is 1. The molecule has 23 heavy (non-hydrogen) atoms. The third-order valence-corrected chi connectivity index (χ3v) is 3.33. The van der Waals surface area contributed by atoms with Crippen LogP contribution in [0.25, 0.3) is 11.3 Å². The molecule has 1 aromatic carbocycles. The van der Waals surface area contributed by atoms with Crippen molar-refractivity contribution < 1.29 is 13.7 Å². The second kappa shape index (κ2) is 6.39. The second-order valence-electron chi connectivity index (χ2n) is 4.99. The number of nitrogens with zero attached hydrogens (tertiary/aromatic N) is 2. The number of benzene rings is 1. The number of halogens is 1. The van der Waals surface area contributed by atoms with Gasteiger partial charge in [0.2, 0.25) is 0 Å². The molecule has 1 N–H and O–H groups in total. The first-order valence-electron chi connectivity index (χ1n) is 7.05. The zero-order chi connectivity index (χ0) is 16.2. The molecule has 1 amide bonds. The van der Waals surface area contributed by atoms with Crippen molar-refractivity contribution in [2.75, 3.05) is 0 Å². The molecule has 0 aliphatic heterocycles. The first-order chi connectivity index (χ1) is 11.1. The molecule has 6 heteroatoms. The Kier molecular flexibility index (Phi) is 4.14. The first kappa shape index (κ1) is 14.9. The maximum Gasteiger partial charge on any atom is 0.257 e. The quantitative estimate of drug-likeness (QED) is 0.804. The van der Waals surface area contributed by atoms with Gasteiger partial charge in [-0.3, -0.25) is 9.78 Å². The minimum absolute atomic E-state index is 0.250. The molecule has 0 saturated carbocycles. The fourth-order valence-electron chi connectivity index (χ4n) is 2.23. The summed E-state index contributed by atoms with van der Waals surface area (Å²) in [5.41, 5.74) is 1.95. The van der Waals surface area contributed by atoms with Crippen molar-refractivity contribution >= 4 is 5.91 Å². The predicted molar refractivity (Wildman–Crippen MR) is 82.0 cm³/mol. The van der Waals surface area contributed by atoms with Crippen LogP contribution >= 0.6 is 0 Å². The number of amides is 1. The average molecular weight is 311 g/mol. The minimum atomic E-state index is -0.406. The molecule has 3 rings (SSSR count). The lowest BCUT2D eigenvalue weighted by Gasteiger charge is -2.05. The number of hydrogen-bond donors (Lipinski definition) is 1. The summed E-state index contributed by atoms with van der Waals surface area (Å²) in [7, 11) is 0. The molecule has 0 radical (unpaired) electrons. The lowest BCUT2D eigenvalue weighted by molar-refractivity contribution is 0.0950. The Morgan fingerprint density at radius 3 is 2.87 bits per heavy atom.